The molecule has 14 heteroatoms. The van der Waals surface area contributed by atoms with Crippen LogP contribution in [0.3, 0.4) is 0 Å². The van der Waals surface area contributed by atoms with Gasteiger partial charge >= 0.3 is 17.9 Å². The highest BCUT2D eigenvalue weighted by Crippen LogP contribution is 2.19. The van der Waals surface area contributed by atoms with Crippen molar-refractivity contribution >= 4 is 46.5 Å². The van der Waals surface area contributed by atoms with Gasteiger partial charge in [-0.1, -0.05) is 18.2 Å². The maximum atomic E-state index is 13.2. The maximum Gasteiger partial charge on any atom is 0.322 e. The Kier molecular flexibility index (Phi) is 10.6. The van der Waals surface area contributed by atoms with Gasteiger partial charge in [-0.15, -0.1) is 0 Å². The number of nitrogens with two attached hydrogens (primary N) is 1. The van der Waals surface area contributed by atoms with Crippen LogP contribution in [0.15, 0.2) is 30.5 Å². The van der Waals surface area contributed by atoms with E-state index in [1.54, 1.807) is 24.4 Å². The third kappa shape index (κ3) is 9.25. The van der Waals surface area contributed by atoms with E-state index in [-0.39, 0.29) is 25.7 Å². The molecule has 0 radical (unpaired) electrons. The first kappa shape index (κ1) is 28.8. The number of rotatable bonds is 15. The Morgan fingerprint density at radius 1 is 0.811 bits per heavy atom. The molecule has 0 saturated carbocycles. The summed E-state index contributed by atoms with van der Waals surface area (Å²) in [5.41, 5.74) is 7.20. The highest BCUT2D eigenvalue weighted by molar-refractivity contribution is 5.94. The topological polar surface area (TPSA) is 241 Å². The van der Waals surface area contributed by atoms with E-state index in [0.717, 1.165) is 10.9 Å². The predicted octanol–water partition coefficient (Wildman–Crippen LogP) is -1.06. The molecule has 9 N–H and O–H groups in total. The van der Waals surface area contributed by atoms with Crippen LogP contribution in [-0.2, 0) is 35.2 Å². The fourth-order valence-electron chi connectivity index (χ4n) is 3.51. The second-order valence-electron chi connectivity index (χ2n) is 8.27. The quantitative estimate of drug-likeness (QED) is 0.142. The maximum absolute atomic E-state index is 13.2. The molecule has 2 aromatic rings. The third-order valence-corrected chi connectivity index (χ3v) is 5.43. The van der Waals surface area contributed by atoms with Crippen molar-refractivity contribution in [2.45, 2.75) is 50.2 Å². The molecule has 0 aliphatic rings. The second-order valence-corrected chi connectivity index (χ2v) is 8.27. The van der Waals surface area contributed by atoms with Crippen LogP contribution in [0.4, 0.5) is 0 Å². The Hall–Kier alpha value is -4.46. The highest BCUT2D eigenvalue weighted by atomic mass is 16.4. The number of benzene rings is 1. The number of fused-ring (bicyclic) bond motifs is 1. The summed E-state index contributed by atoms with van der Waals surface area (Å²) in [6.45, 7) is -0.744. The fraction of sp³-hybridized carbons (Fsp3) is 0.391. The molecule has 3 unspecified atom stereocenters. The van der Waals surface area contributed by atoms with Crippen LogP contribution in [0.2, 0.25) is 0 Å². The van der Waals surface area contributed by atoms with Crippen molar-refractivity contribution in [3.05, 3.63) is 36.0 Å². The lowest BCUT2D eigenvalue weighted by atomic mass is 10.0. The number of aromatic nitrogens is 1. The monoisotopic (exact) mass is 519 g/mol. The molecule has 0 spiro atoms. The Labute approximate surface area is 210 Å². The summed E-state index contributed by atoms with van der Waals surface area (Å²) in [5, 5.41) is 34.3. The molecule has 0 aliphatic carbocycles. The molecule has 0 aliphatic heterocycles. The van der Waals surface area contributed by atoms with Crippen LogP contribution in [0, 0.1) is 0 Å². The molecular weight excluding hydrogens is 490 g/mol. The van der Waals surface area contributed by atoms with Gasteiger partial charge in [0, 0.05) is 36.4 Å². The Morgan fingerprint density at radius 3 is 2.08 bits per heavy atom. The van der Waals surface area contributed by atoms with E-state index in [0.29, 0.717) is 5.56 Å². The number of carboxylic acids is 3. The van der Waals surface area contributed by atoms with E-state index in [2.05, 4.69) is 20.9 Å². The molecule has 3 atom stereocenters. The molecule has 2 rings (SSSR count). The van der Waals surface area contributed by atoms with Crippen LogP contribution in [-0.4, -0.2) is 80.6 Å². The molecule has 3 amide bonds. The average molecular weight is 520 g/mol. The van der Waals surface area contributed by atoms with Gasteiger partial charge in [0.15, 0.2) is 0 Å². The van der Waals surface area contributed by atoms with E-state index in [1.807, 2.05) is 6.07 Å². The summed E-state index contributed by atoms with van der Waals surface area (Å²) in [6, 6.07) is 3.29. The van der Waals surface area contributed by atoms with E-state index in [4.69, 9.17) is 21.1 Å². The zero-order valence-corrected chi connectivity index (χ0v) is 19.7. The lowest BCUT2D eigenvalue weighted by molar-refractivity contribution is -0.140. The molecule has 37 heavy (non-hydrogen) atoms. The predicted molar refractivity (Wildman–Crippen MR) is 128 cm³/mol. The van der Waals surface area contributed by atoms with Gasteiger partial charge in [0.2, 0.25) is 17.7 Å². The summed E-state index contributed by atoms with van der Waals surface area (Å²) in [7, 11) is 0. The number of amides is 3. The van der Waals surface area contributed by atoms with Crippen molar-refractivity contribution in [2.75, 3.05) is 6.54 Å². The normalized spacial score (nSPS) is 13.2. The van der Waals surface area contributed by atoms with E-state index in [1.165, 1.54) is 0 Å². The largest absolute Gasteiger partial charge is 0.481 e. The molecule has 1 aromatic heterocycles. The van der Waals surface area contributed by atoms with Gasteiger partial charge in [0.1, 0.15) is 18.6 Å². The van der Waals surface area contributed by atoms with Crippen molar-refractivity contribution < 1.29 is 44.1 Å². The van der Waals surface area contributed by atoms with Crippen molar-refractivity contribution in [2.24, 2.45) is 5.73 Å². The first-order valence-electron chi connectivity index (χ1n) is 11.3. The van der Waals surface area contributed by atoms with Crippen LogP contribution in [0.5, 0.6) is 0 Å². The van der Waals surface area contributed by atoms with Gasteiger partial charge in [0.25, 0.3) is 0 Å². The van der Waals surface area contributed by atoms with E-state index in [9.17, 15) is 28.8 Å². The Bertz CT molecular complexity index is 1160. The number of H-pyrrole nitrogens is 1. The van der Waals surface area contributed by atoms with Crippen molar-refractivity contribution in [1.82, 2.24) is 20.9 Å². The van der Waals surface area contributed by atoms with Crippen LogP contribution in [0.1, 0.15) is 31.2 Å². The van der Waals surface area contributed by atoms with E-state index >= 15 is 0 Å². The second kappa shape index (κ2) is 13.6. The van der Waals surface area contributed by atoms with Gasteiger partial charge in [0.05, 0.1) is 6.04 Å². The lowest BCUT2D eigenvalue weighted by Crippen LogP contribution is -2.56. The smallest absolute Gasteiger partial charge is 0.322 e. The lowest BCUT2D eigenvalue weighted by Gasteiger charge is -2.24. The molecular formula is C23H29N5O9. The number of para-hydroxylation sites is 1. The Balaban J connectivity index is 2.26. The van der Waals surface area contributed by atoms with Crippen LogP contribution >= 0.6 is 0 Å². The number of nitrogens with one attached hydrogen (secondary N) is 4. The first-order valence-corrected chi connectivity index (χ1v) is 11.3. The molecule has 0 fully saturated rings. The highest BCUT2D eigenvalue weighted by Gasteiger charge is 2.29. The van der Waals surface area contributed by atoms with E-state index < -0.39 is 66.7 Å². The number of carbonyl (C=O) groups is 6. The first-order chi connectivity index (χ1) is 17.5. The molecule has 1 aromatic carbocycles. The summed E-state index contributed by atoms with van der Waals surface area (Å²) >= 11 is 0. The SMILES string of the molecule is NC(CCC(=O)O)C(=O)NC(Cc1c[nH]c2ccccc12)C(=O)NC(CCC(=O)O)C(=O)NCC(=O)O. The molecule has 0 saturated heterocycles. The van der Waals surface area contributed by atoms with Crippen molar-refractivity contribution in [3.8, 4) is 0 Å². The van der Waals surface area contributed by atoms with Gasteiger partial charge < -0.3 is 42.0 Å². The minimum Gasteiger partial charge on any atom is -0.481 e. The number of carbonyl (C=O) groups excluding carboxylic acids is 3. The fourth-order valence-corrected chi connectivity index (χ4v) is 3.51. The van der Waals surface area contributed by atoms with Crippen LogP contribution < -0.4 is 21.7 Å². The summed E-state index contributed by atoms with van der Waals surface area (Å²) in [6.07, 6.45) is 0.221. The van der Waals surface area contributed by atoms with Gasteiger partial charge in [-0.25, -0.2) is 0 Å². The van der Waals surface area contributed by atoms with Crippen LogP contribution in [0.25, 0.3) is 10.9 Å². The zero-order valence-electron chi connectivity index (χ0n) is 19.7. The third-order valence-electron chi connectivity index (χ3n) is 5.43. The molecule has 200 valence electrons. The number of aliphatic carboxylic acids is 3. The molecule has 0 bridgehead atoms. The number of carboxylic acid groups (broad SMARTS) is 3. The summed E-state index contributed by atoms with van der Waals surface area (Å²) in [4.78, 5) is 74.0. The minimum absolute atomic E-state index is 0.0460. The minimum atomic E-state index is -1.40. The van der Waals surface area contributed by atoms with Gasteiger partial charge in [-0.2, -0.15) is 0 Å². The van der Waals surface area contributed by atoms with Gasteiger partial charge in [-0.3, -0.25) is 28.8 Å². The number of hydrogen-bond acceptors (Lipinski definition) is 7. The average Bonchev–Trinajstić information content (AvgIpc) is 3.25. The summed E-state index contributed by atoms with van der Waals surface area (Å²) in [5.74, 6) is -6.27. The molecule has 1 heterocycles. The van der Waals surface area contributed by atoms with Crippen molar-refractivity contribution in [1.29, 1.82) is 0 Å². The standard InChI is InChI=1S/C23H29N5O9/c24-14(5-7-18(29)30)21(35)28-17(9-12-10-25-15-4-2-1-3-13(12)15)23(37)27-16(6-8-19(31)32)22(36)26-11-20(33)34/h1-4,10,14,16-17,25H,5-9,11,24H2,(H,26,36)(H,27,37)(H,28,35)(H,29,30)(H,31,32)(H,33,34). The molecule has 14 nitrogen and oxygen atoms in total. The zero-order chi connectivity index (χ0) is 27.5. The van der Waals surface area contributed by atoms with Crippen molar-refractivity contribution in [3.63, 3.8) is 0 Å². The number of hydrogen-bond donors (Lipinski definition) is 8. The number of aromatic amines is 1. The summed E-state index contributed by atoms with van der Waals surface area (Å²) < 4.78 is 0. The Morgan fingerprint density at radius 2 is 1.43 bits per heavy atom. The van der Waals surface area contributed by atoms with Gasteiger partial charge in [-0.05, 0) is 24.5 Å².